The number of amidine groups is 2. The fraction of sp³-hybridized carbons (Fsp3) is 0.194. The van der Waals surface area contributed by atoms with Crippen LogP contribution in [0, 0.1) is 20.8 Å². The van der Waals surface area contributed by atoms with E-state index in [4.69, 9.17) is 15.1 Å². The Hall–Kier alpha value is -4.97. The summed E-state index contributed by atoms with van der Waals surface area (Å²) >= 11 is 0. The van der Waals surface area contributed by atoms with Crippen molar-refractivity contribution in [3.63, 3.8) is 0 Å². The van der Waals surface area contributed by atoms with Gasteiger partial charge in [0.15, 0.2) is 17.5 Å². The van der Waals surface area contributed by atoms with Gasteiger partial charge in [0.1, 0.15) is 0 Å². The third-order valence-corrected chi connectivity index (χ3v) is 8.19. The smallest absolute Gasteiger partial charge is 0.179 e. The van der Waals surface area contributed by atoms with Crippen LogP contribution in [-0.4, -0.2) is 21.5 Å². The van der Waals surface area contributed by atoms with Crippen LogP contribution in [0.3, 0.4) is 0 Å². The molecule has 0 bridgehead atoms. The first-order chi connectivity index (χ1) is 20.4. The molecule has 42 heavy (non-hydrogen) atoms. The molecule has 6 nitrogen and oxygen atoms in total. The molecule has 0 aliphatic carbocycles. The molecule has 7 rings (SSSR count). The summed E-state index contributed by atoms with van der Waals surface area (Å²) in [5.74, 6) is 2.78. The summed E-state index contributed by atoms with van der Waals surface area (Å²) in [5, 5.41) is 8.68. The summed E-state index contributed by atoms with van der Waals surface area (Å²) in [6.07, 6.45) is 0. The zero-order valence-electron chi connectivity index (χ0n) is 24.6. The first kappa shape index (κ1) is 26.0. The van der Waals surface area contributed by atoms with Gasteiger partial charge >= 0.3 is 0 Å². The molecule has 2 aliphatic rings. The molecule has 0 spiro atoms. The highest BCUT2D eigenvalue weighted by molar-refractivity contribution is 6.52. The highest BCUT2D eigenvalue weighted by atomic mass is 15.4. The van der Waals surface area contributed by atoms with Crippen molar-refractivity contribution in [3.8, 4) is 5.69 Å². The van der Waals surface area contributed by atoms with Crippen LogP contribution in [-0.2, 0) is 0 Å². The standard InChI is InChI=1S/C36H34N6/c1-22(2)26-16-18-27(19-17-26)33-32-25(5)40-42(28-11-7-6-8-12-28)35(32)39-36-34(37-29-20-15-23(3)21-24(29)4)38-30-13-9-10-14-31(30)41(33)36/h6-22,33H,1-5H3,(H,37,38)/t33-/m1/s1. The van der Waals surface area contributed by atoms with Gasteiger partial charge < -0.3 is 10.2 Å². The predicted molar refractivity (Wildman–Crippen MR) is 173 cm³/mol. The lowest BCUT2D eigenvalue weighted by molar-refractivity contribution is 0.811. The molecular weight excluding hydrogens is 516 g/mol. The van der Waals surface area contributed by atoms with Crippen molar-refractivity contribution in [2.75, 3.05) is 10.2 Å². The minimum atomic E-state index is -0.140. The number of para-hydroxylation sites is 3. The maximum atomic E-state index is 5.36. The van der Waals surface area contributed by atoms with E-state index in [1.165, 1.54) is 16.7 Å². The Morgan fingerprint density at radius 1 is 0.833 bits per heavy atom. The fourth-order valence-corrected chi connectivity index (χ4v) is 6.01. The Morgan fingerprint density at radius 2 is 1.57 bits per heavy atom. The second-order valence-electron chi connectivity index (χ2n) is 11.5. The normalized spacial score (nSPS) is 16.5. The van der Waals surface area contributed by atoms with Crippen LogP contribution in [0.2, 0.25) is 0 Å². The Labute approximate surface area is 247 Å². The molecule has 6 heteroatoms. The number of hydrogen-bond acceptors (Lipinski definition) is 4. The summed E-state index contributed by atoms with van der Waals surface area (Å²) in [7, 11) is 0. The van der Waals surface area contributed by atoms with Gasteiger partial charge in [0.25, 0.3) is 0 Å². The SMILES string of the molecule is Cc1ccc(N=C2Nc3ccccc3N3C2=Nc2c(c(C)nn2-c2ccccc2)[C@H]3c2ccc(C(C)C)cc2)c(C)c1. The van der Waals surface area contributed by atoms with Crippen LogP contribution in [0.25, 0.3) is 5.69 Å². The van der Waals surface area contributed by atoms with Crippen LogP contribution < -0.4 is 10.2 Å². The summed E-state index contributed by atoms with van der Waals surface area (Å²) < 4.78 is 1.97. The fourth-order valence-electron chi connectivity index (χ4n) is 6.01. The second-order valence-corrected chi connectivity index (χ2v) is 11.5. The Balaban J connectivity index is 1.51. The number of fused-ring (bicyclic) bond motifs is 4. The molecule has 2 aliphatic heterocycles. The van der Waals surface area contributed by atoms with Crippen LogP contribution in [0.15, 0.2) is 107 Å². The lowest BCUT2D eigenvalue weighted by Gasteiger charge is -2.42. The lowest BCUT2D eigenvalue weighted by Crippen LogP contribution is -2.48. The highest BCUT2D eigenvalue weighted by Crippen LogP contribution is 2.48. The first-order valence-electron chi connectivity index (χ1n) is 14.5. The van der Waals surface area contributed by atoms with E-state index in [0.29, 0.717) is 11.8 Å². The average molecular weight is 551 g/mol. The van der Waals surface area contributed by atoms with Gasteiger partial charge in [0.05, 0.1) is 34.5 Å². The molecule has 5 aromatic rings. The van der Waals surface area contributed by atoms with E-state index in [9.17, 15) is 0 Å². The van der Waals surface area contributed by atoms with Gasteiger partial charge in [-0.1, -0.05) is 86.1 Å². The van der Waals surface area contributed by atoms with E-state index < -0.39 is 0 Å². The molecule has 3 heterocycles. The van der Waals surface area contributed by atoms with Gasteiger partial charge in [0, 0.05) is 5.56 Å². The van der Waals surface area contributed by atoms with Gasteiger partial charge in [-0.25, -0.2) is 14.7 Å². The summed E-state index contributed by atoms with van der Waals surface area (Å²) in [4.78, 5) is 12.9. The molecule has 0 fully saturated rings. The number of rotatable bonds is 4. The monoisotopic (exact) mass is 550 g/mol. The molecule has 1 aromatic heterocycles. The highest BCUT2D eigenvalue weighted by Gasteiger charge is 2.41. The molecule has 0 radical (unpaired) electrons. The number of nitrogens with zero attached hydrogens (tertiary/aromatic N) is 5. The molecule has 0 saturated carbocycles. The van der Waals surface area contributed by atoms with Crippen molar-refractivity contribution in [1.29, 1.82) is 0 Å². The van der Waals surface area contributed by atoms with Crippen molar-refractivity contribution in [1.82, 2.24) is 9.78 Å². The maximum Gasteiger partial charge on any atom is 0.179 e. The molecule has 1 atom stereocenters. The van der Waals surface area contributed by atoms with Gasteiger partial charge in [0.2, 0.25) is 0 Å². The van der Waals surface area contributed by atoms with Gasteiger partial charge in [-0.05, 0) is 73.7 Å². The number of anilines is 2. The van der Waals surface area contributed by atoms with Crippen LogP contribution in [0.5, 0.6) is 0 Å². The summed E-state index contributed by atoms with van der Waals surface area (Å²) in [6, 6.07) is 33.9. The predicted octanol–water partition coefficient (Wildman–Crippen LogP) is 8.72. The second kappa shape index (κ2) is 10.1. The van der Waals surface area contributed by atoms with E-state index in [2.05, 4.69) is 124 Å². The van der Waals surface area contributed by atoms with Crippen molar-refractivity contribution >= 4 is 34.6 Å². The minimum absolute atomic E-state index is 0.140. The van der Waals surface area contributed by atoms with E-state index in [1.54, 1.807) is 0 Å². The first-order valence-corrected chi connectivity index (χ1v) is 14.5. The van der Waals surface area contributed by atoms with E-state index in [-0.39, 0.29) is 6.04 Å². The van der Waals surface area contributed by atoms with Crippen molar-refractivity contribution in [3.05, 3.63) is 131 Å². The molecule has 1 N–H and O–H groups in total. The van der Waals surface area contributed by atoms with Crippen molar-refractivity contribution in [2.45, 2.75) is 46.6 Å². The quantitative estimate of drug-likeness (QED) is 0.243. The van der Waals surface area contributed by atoms with E-state index in [0.717, 1.165) is 51.2 Å². The zero-order valence-corrected chi connectivity index (χ0v) is 24.6. The minimum Gasteiger partial charge on any atom is -0.335 e. The molecule has 0 unspecified atom stereocenters. The third-order valence-electron chi connectivity index (χ3n) is 8.19. The number of nitrogens with one attached hydrogen (secondary N) is 1. The summed E-state index contributed by atoms with van der Waals surface area (Å²) in [6.45, 7) is 10.8. The zero-order chi connectivity index (χ0) is 29.0. The van der Waals surface area contributed by atoms with E-state index in [1.807, 2.05) is 22.9 Å². The molecule has 0 amide bonds. The Morgan fingerprint density at radius 3 is 2.31 bits per heavy atom. The van der Waals surface area contributed by atoms with Gasteiger partial charge in [-0.2, -0.15) is 5.10 Å². The molecule has 4 aromatic carbocycles. The molecule has 0 saturated heterocycles. The largest absolute Gasteiger partial charge is 0.335 e. The topological polar surface area (TPSA) is 57.8 Å². The number of hydrogen-bond donors (Lipinski definition) is 1. The van der Waals surface area contributed by atoms with Crippen molar-refractivity contribution in [2.24, 2.45) is 9.98 Å². The van der Waals surface area contributed by atoms with Gasteiger partial charge in [-0.15, -0.1) is 0 Å². The van der Waals surface area contributed by atoms with E-state index >= 15 is 0 Å². The number of aliphatic imine (C=N–C) groups is 2. The molecular formula is C36H34N6. The average Bonchev–Trinajstić information content (AvgIpc) is 3.34. The number of aromatic nitrogens is 2. The lowest BCUT2D eigenvalue weighted by atomic mass is 9.91. The van der Waals surface area contributed by atoms with Crippen LogP contribution in [0.1, 0.15) is 59.3 Å². The van der Waals surface area contributed by atoms with Crippen molar-refractivity contribution < 1.29 is 0 Å². The Bertz CT molecular complexity index is 1860. The number of benzene rings is 4. The third kappa shape index (κ3) is 4.31. The number of aryl methyl sites for hydroxylation is 3. The summed E-state index contributed by atoms with van der Waals surface area (Å²) in [5.41, 5.74) is 10.9. The Kier molecular flexibility index (Phi) is 6.27. The van der Waals surface area contributed by atoms with Crippen LogP contribution >= 0.6 is 0 Å². The van der Waals surface area contributed by atoms with Gasteiger partial charge in [-0.3, -0.25) is 0 Å². The van der Waals surface area contributed by atoms with Crippen LogP contribution in [0.4, 0.5) is 22.9 Å². The maximum absolute atomic E-state index is 5.36. The molecule has 208 valence electrons.